The van der Waals surface area contributed by atoms with Gasteiger partial charge in [-0.1, -0.05) is 33.1 Å². The summed E-state index contributed by atoms with van der Waals surface area (Å²) in [5, 5.41) is 3.76. The molecule has 1 N–H and O–H groups in total. The number of rotatable bonds is 3. The van der Waals surface area contributed by atoms with E-state index in [2.05, 4.69) is 19.2 Å². The van der Waals surface area contributed by atoms with Crippen molar-refractivity contribution in [1.82, 2.24) is 0 Å². The molecule has 0 aromatic heterocycles. The molecule has 1 nitrogen and oxygen atoms in total. The number of hydrogen-bond donors (Lipinski definition) is 1. The van der Waals surface area contributed by atoms with E-state index in [0.29, 0.717) is 11.5 Å². The van der Waals surface area contributed by atoms with Crippen LogP contribution < -0.4 is 5.32 Å². The molecule has 4 unspecified atom stereocenters. The van der Waals surface area contributed by atoms with Crippen LogP contribution in [0.15, 0.2) is 24.3 Å². The van der Waals surface area contributed by atoms with Gasteiger partial charge in [-0.25, -0.2) is 4.39 Å². The van der Waals surface area contributed by atoms with Crippen LogP contribution in [0.1, 0.15) is 58.8 Å². The van der Waals surface area contributed by atoms with E-state index in [-0.39, 0.29) is 5.82 Å². The fourth-order valence-electron chi connectivity index (χ4n) is 5.33. The van der Waals surface area contributed by atoms with Crippen molar-refractivity contribution in [3.63, 3.8) is 0 Å². The van der Waals surface area contributed by atoms with Gasteiger partial charge in [0.15, 0.2) is 0 Å². The van der Waals surface area contributed by atoms with E-state index in [1.54, 1.807) is 12.1 Å². The van der Waals surface area contributed by atoms with Crippen LogP contribution >= 0.6 is 0 Å². The number of fused-ring (bicyclic) bond motifs is 1. The van der Waals surface area contributed by atoms with Crippen LogP contribution in [0.5, 0.6) is 0 Å². The molecule has 1 aromatic carbocycles. The van der Waals surface area contributed by atoms with E-state index in [0.717, 1.165) is 17.5 Å². The Bertz CT molecular complexity index is 467. The molecule has 3 rings (SSSR count). The summed E-state index contributed by atoms with van der Waals surface area (Å²) < 4.78 is 13.1. The predicted molar refractivity (Wildman–Crippen MR) is 86.9 cm³/mol. The highest BCUT2D eigenvalue weighted by Crippen LogP contribution is 2.56. The summed E-state index contributed by atoms with van der Waals surface area (Å²) in [6.45, 7) is 4.83. The summed E-state index contributed by atoms with van der Waals surface area (Å²) in [4.78, 5) is 0. The fraction of sp³-hybridized carbons (Fsp3) is 0.684. The molecular weight excluding hydrogens is 261 g/mol. The molecule has 2 aliphatic carbocycles. The standard InChI is InChI=1S/C19H28FN/c1-3-19-14(2)6-4-7-15(19)8-5-9-18(19)21-17-12-10-16(20)11-13-17/h10-15,18,21H,3-9H2,1-2H3. The minimum absolute atomic E-state index is 0.154. The molecule has 0 saturated heterocycles. The highest BCUT2D eigenvalue weighted by molar-refractivity contribution is 5.44. The zero-order valence-corrected chi connectivity index (χ0v) is 13.4. The van der Waals surface area contributed by atoms with E-state index >= 15 is 0 Å². The molecule has 2 heteroatoms. The second-order valence-corrected chi connectivity index (χ2v) is 7.13. The average molecular weight is 289 g/mol. The molecule has 0 amide bonds. The predicted octanol–water partition coefficient (Wildman–Crippen LogP) is 5.62. The van der Waals surface area contributed by atoms with E-state index in [9.17, 15) is 4.39 Å². The van der Waals surface area contributed by atoms with Gasteiger partial charge in [-0.15, -0.1) is 0 Å². The van der Waals surface area contributed by atoms with Crippen LogP contribution in [0, 0.1) is 23.1 Å². The topological polar surface area (TPSA) is 12.0 Å². The van der Waals surface area contributed by atoms with Crippen molar-refractivity contribution in [2.75, 3.05) is 5.32 Å². The van der Waals surface area contributed by atoms with E-state index < -0.39 is 0 Å². The summed E-state index contributed by atoms with van der Waals surface area (Å²) >= 11 is 0. The molecule has 21 heavy (non-hydrogen) atoms. The first kappa shape index (κ1) is 14.9. The number of halogens is 1. The van der Waals surface area contributed by atoms with Crippen LogP contribution in [-0.2, 0) is 0 Å². The second-order valence-electron chi connectivity index (χ2n) is 7.13. The van der Waals surface area contributed by atoms with Crippen molar-refractivity contribution in [2.45, 2.75) is 64.8 Å². The number of anilines is 1. The van der Waals surface area contributed by atoms with E-state index in [1.807, 2.05) is 12.1 Å². The first-order valence-corrected chi connectivity index (χ1v) is 8.69. The Morgan fingerprint density at radius 2 is 1.76 bits per heavy atom. The summed E-state index contributed by atoms with van der Waals surface area (Å²) in [5.41, 5.74) is 1.51. The van der Waals surface area contributed by atoms with Crippen LogP contribution in [0.25, 0.3) is 0 Å². The Morgan fingerprint density at radius 1 is 1.10 bits per heavy atom. The normalized spacial score (nSPS) is 36.0. The number of benzene rings is 1. The van der Waals surface area contributed by atoms with Gasteiger partial charge >= 0.3 is 0 Å². The SMILES string of the molecule is CCC12C(C)CCCC1CCCC2Nc1ccc(F)cc1. The molecule has 0 bridgehead atoms. The van der Waals surface area contributed by atoms with Crippen molar-refractivity contribution in [3.8, 4) is 0 Å². The Labute approximate surface area is 128 Å². The molecule has 0 spiro atoms. The molecule has 0 aliphatic heterocycles. The second kappa shape index (κ2) is 5.98. The first-order chi connectivity index (χ1) is 10.2. The lowest BCUT2D eigenvalue weighted by Crippen LogP contribution is -2.54. The molecule has 1 aromatic rings. The van der Waals surface area contributed by atoms with Gasteiger partial charge in [-0.2, -0.15) is 0 Å². The summed E-state index contributed by atoms with van der Waals surface area (Å²) in [6, 6.07) is 7.44. The zero-order chi connectivity index (χ0) is 14.9. The first-order valence-electron chi connectivity index (χ1n) is 8.69. The van der Waals surface area contributed by atoms with Crippen LogP contribution in [0.3, 0.4) is 0 Å². The maximum atomic E-state index is 13.1. The van der Waals surface area contributed by atoms with Crippen LogP contribution in [0.4, 0.5) is 10.1 Å². The average Bonchev–Trinajstić information content (AvgIpc) is 2.50. The van der Waals surface area contributed by atoms with Crippen molar-refractivity contribution < 1.29 is 4.39 Å². The lowest BCUT2D eigenvalue weighted by Gasteiger charge is -2.56. The van der Waals surface area contributed by atoms with Gasteiger partial charge in [0.25, 0.3) is 0 Å². The molecule has 0 radical (unpaired) electrons. The highest BCUT2D eigenvalue weighted by Gasteiger charge is 2.51. The molecule has 116 valence electrons. The van der Waals surface area contributed by atoms with Crippen molar-refractivity contribution in [3.05, 3.63) is 30.1 Å². The highest BCUT2D eigenvalue weighted by atomic mass is 19.1. The third-order valence-corrected chi connectivity index (χ3v) is 6.36. The number of hydrogen-bond acceptors (Lipinski definition) is 1. The minimum atomic E-state index is -0.154. The van der Waals surface area contributed by atoms with Gasteiger partial charge in [0.2, 0.25) is 0 Å². The summed E-state index contributed by atoms with van der Waals surface area (Å²) in [6.07, 6.45) is 9.42. The van der Waals surface area contributed by atoms with E-state index in [1.165, 1.54) is 44.9 Å². The Morgan fingerprint density at radius 3 is 2.43 bits per heavy atom. The maximum Gasteiger partial charge on any atom is 0.123 e. The number of nitrogens with one attached hydrogen (secondary N) is 1. The monoisotopic (exact) mass is 289 g/mol. The Kier molecular flexibility index (Phi) is 4.24. The molecule has 2 saturated carbocycles. The minimum Gasteiger partial charge on any atom is -0.382 e. The van der Waals surface area contributed by atoms with Crippen molar-refractivity contribution in [2.24, 2.45) is 17.3 Å². The van der Waals surface area contributed by atoms with Gasteiger partial charge in [0.1, 0.15) is 5.82 Å². The van der Waals surface area contributed by atoms with Gasteiger partial charge in [0.05, 0.1) is 0 Å². The molecule has 4 atom stereocenters. The molecule has 2 fully saturated rings. The molecule has 2 aliphatic rings. The third-order valence-electron chi connectivity index (χ3n) is 6.36. The largest absolute Gasteiger partial charge is 0.382 e. The van der Waals surface area contributed by atoms with Gasteiger partial charge < -0.3 is 5.32 Å². The van der Waals surface area contributed by atoms with Crippen molar-refractivity contribution >= 4 is 5.69 Å². The zero-order valence-electron chi connectivity index (χ0n) is 13.4. The van der Waals surface area contributed by atoms with Gasteiger partial charge in [0, 0.05) is 11.7 Å². The smallest absolute Gasteiger partial charge is 0.123 e. The van der Waals surface area contributed by atoms with Gasteiger partial charge in [-0.3, -0.25) is 0 Å². The summed E-state index contributed by atoms with van der Waals surface area (Å²) in [5.74, 6) is 1.51. The summed E-state index contributed by atoms with van der Waals surface area (Å²) in [7, 11) is 0. The fourth-order valence-corrected chi connectivity index (χ4v) is 5.33. The molecule has 0 heterocycles. The van der Waals surface area contributed by atoms with Crippen molar-refractivity contribution in [1.29, 1.82) is 0 Å². The third kappa shape index (κ3) is 2.58. The van der Waals surface area contributed by atoms with Crippen LogP contribution in [0.2, 0.25) is 0 Å². The quantitative estimate of drug-likeness (QED) is 0.761. The lowest BCUT2D eigenvalue weighted by atomic mass is 9.51. The Hall–Kier alpha value is -1.05. The Balaban J connectivity index is 1.86. The lowest BCUT2D eigenvalue weighted by molar-refractivity contribution is -0.0221. The van der Waals surface area contributed by atoms with Gasteiger partial charge in [-0.05, 0) is 67.2 Å². The molecular formula is C19H28FN. The van der Waals surface area contributed by atoms with E-state index in [4.69, 9.17) is 0 Å². The maximum absolute atomic E-state index is 13.1. The van der Waals surface area contributed by atoms with Crippen LogP contribution in [-0.4, -0.2) is 6.04 Å².